The highest BCUT2D eigenvalue weighted by Crippen LogP contribution is 2.58. The molecule has 138 valence electrons. The molecule has 1 aromatic carbocycles. The summed E-state index contributed by atoms with van der Waals surface area (Å²) in [6, 6.07) is 9.16. The largest absolute Gasteiger partial charge is 0.481 e. The number of para-hydroxylation sites is 1. The Balaban J connectivity index is 1.78. The summed E-state index contributed by atoms with van der Waals surface area (Å²) in [5.41, 5.74) is -4.23. The molecule has 1 aromatic heterocycles. The fourth-order valence-electron chi connectivity index (χ4n) is 3.28. The van der Waals surface area contributed by atoms with Crippen LogP contribution in [0.5, 0.6) is 0 Å². The zero-order valence-electron chi connectivity index (χ0n) is 13.9. The van der Waals surface area contributed by atoms with Gasteiger partial charge in [0.05, 0.1) is 28.7 Å². The van der Waals surface area contributed by atoms with Gasteiger partial charge in [0, 0.05) is 12.2 Å². The number of nitrogens with zero attached hydrogens (tertiary/aromatic N) is 4. The lowest BCUT2D eigenvalue weighted by molar-refractivity contribution is -0.266. The van der Waals surface area contributed by atoms with E-state index in [0.717, 1.165) is 17.4 Å². The number of carbonyl (C=O) groups excluding carboxylic acids is 1. The Hall–Kier alpha value is -2.30. The van der Waals surface area contributed by atoms with Crippen LogP contribution in [0.15, 0.2) is 35.5 Å². The van der Waals surface area contributed by atoms with Crippen LogP contribution in [0.3, 0.4) is 0 Å². The first-order valence-corrected chi connectivity index (χ1v) is 8.83. The molecule has 1 fully saturated rings. The second kappa shape index (κ2) is 6.45. The summed E-state index contributed by atoms with van der Waals surface area (Å²) in [5, 5.41) is 42.2. The quantitative estimate of drug-likeness (QED) is 0.458. The third kappa shape index (κ3) is 2.79. The highest BCUT2D eigenvalue weighted by atomic mass is 32.2. The maximum atomic E-state index is 11.6. The van der Waals surface area contributed by atoms with Gasteiger partial charge < -0.3 is 20.1 Å². The van der Waals surface area contributed by atoms with Gasteiger partial charge in [-0.05, 0) is 29.5 Å². The number of aldehydes is 1. The van der Waals surface area contributed by atoms with Crippen molar-refractivity contribution in [3.63, 3.8) is 0 Å². The highest BCUT2D eigenvalue weighted by Gasteiger charge is 2.71. The Morgan fingerprint density at radius 2 is 2.00 bits per heavy atom. The van der Waals surface area contributed by atoms with Crippen molar-refractivity contribution < 1.29 is 24.9 Å². The van der Waals surface area contributed by atoms with Crippen LogP contribution in [-0.4, -0.2) is 64.7 Å². The molecule has 2 aromatic rings. The van der Waals surface area contributed by atoms with E-state index in [-0.39, 0.29) is 12.2 Å². The molecule has 1 heterocycles. The predicted molar refractivity (Wildman–Crippen MR) is 90.8 cm³/mol. The van der Waals surface area contributed by atoms with Crippen molar-refractivity contribution in [2.24, 2.45) is 5.41 Å². The Bertz CT molecular complexity index is 831. The van der Waals surface area contributed by atoms with E-state index in [2.05, 4.69) is 15.5 Å². The van der Waals surface area contributed by atoms with Gasteiger partial charge in [0.15, 0.2) is 0 Å². The maximum absolute atomic E-state index is 11.6. The summed E-state index contributed by atoms with van der Waals surface area (Å²) in [4.78, 5) is 22.6. The first kappa shape index (κ1) is 18.5. The average molecular weight is 378 g/mol. The second-order valence-corrected chi connectivity index (χ2v) is 7.57. The number of carboxylic acid groups (broad SMARTS) is 1. The fourth-order valence-corrected chi connectivity index (χ4v) is 4.41. The first-order valence-electron chi connectivity index (χ1n) is 7.84. The molecular formula is C16H18N4O5S. The van der Waals surface area contributed by atoms with E-state index in [4.69, 9.17) is 5.11 Å². The van der Waals surface area contributed by atoms with Crippen molar-refractivity contribution in [1.82, 2.24) is 20.2 Å². The van der Waals surface area contributed by atoms with Crippen LogP contribution in [0.1, 0.15) is 19.8 Å². The van der Waals surface area contributed by atoms with Gasteiger partial charge in [-0.15, -0.1) is 5.10 Å². The highest BCUT2D eigenvalue weighted by molar-refractivity contribution is 7.99. The molecule has 1 aliphatic rings. The number of aliphatic hydroxyl groups is 2. The maximum Gasteiger partial charge on any atom is 0.306 e. The molecule has 3 atom stereocenters. The second-order valence-electron chi connectivity index (χ2n) is 6.63. The summed E-state index contributed by atoms with van der Waals surface area (Å²) in [7, 11) is 0. The molecule has 1 aliphatic carbocycles. The van der Waals surface area contributed by atoms with Gasteiger partial charge in [0.25, 0.3) is 0 Å². The molecule has 0 bridgehead atoms. The van der Waals surface area contributed by atoms with Crippen LogP contribution in [-0.2, 0) is 9.59 Å². The molecule has 0 spiro atoms. The van der Waals surface area contributed by atoms with Crippen LogP contribution >= 0.6 is 11.8 Å². The van der Waals surface area contributed by atoms with Gasteiger partial charge in [-0.25, -0.2) is 0 Å². The van der Waals surface area contributed by atoms with Crippen molar-refractivity contribution >= 4 is 24.0 Å². The lowest BCUT2D eigenvalue weighted by Crippen LogP contribution is -2.75. The minimum Gasteiger partial charge on any atom is -0.481 e. The fraction of sp³-hybridized carbons (Fsp3) is 0.438. The summed E-state index contributed by atoms with van der Waals surface area (Å²) < 4.78 is 1.49. The summed E-state index contributed by atoms with van der Waals surface area (Å²) in [6.45, 7) is 1.37. The molecule has 0 aliphatic heterocycles. The molecule has 1 unspecified atom stereocenters. The number of aromatic nitrogens is 4. The van der Waals surface area contributed by atoms with Crippen molar-refractivity contribution in [1.29, 1.82) is 0 Å². The van der Waals surface area contributed by atoms with Gasteiger partial charge in [-0.3, -0.25) is 4.79 Å². The number of rotatable bonds is 7. The predicted octanol–water partition coefficient (Wildman–Crippen LogP) is 0.300. The van der Waals surface area contributed by atoms with E-state index in [9.17, 15) is 19.8 Å². The van der Waals surface area contributed by atoms with E-state index in [0.29, 0.717) is 11.4 Å². The third-order valence-electron chi connectivity index (χ3n) is 5.08. The number of aliphatic carboxylic acids is 1. The molecule has 1 saturated carbocycles. The minimum absolute atomic E-state index is 0.0252. The van der Waals surface area contributed by atoms with Crippen LogP contribution in [0.25, 0.3) is 5.69 Å². The molecule has 26 heavy (non-hydrogen) atoms. The summed E-state index contributed by atoms with van der Waals surface area (Å²) in [5.74, 6) is -1.21. The van der Waals surface area contributed by atoms with E-state index in [1.165, 1.54) is 11.6 Å². The van der Waals surface area contributed by atoms with Gasteiger partial charge in [0.1, 0.15) is 6.29 Å². The number of carbonyl (C=O) groups is 2. The Morgan fingerprint density at radius 3 is 2.62 bits per heavy atom. The zero-order valence-corrected chi connectivity index (χ0v) is 14.8. The standard InChI is InChI=1S/C16H18N4O5S/c1-14(9-21)15(24,7-12(22)23)8-16(14,25)10-26-13-17-18-19-20(13)11-5-3-2-4-6-11/h2-6,9,24-25H,7-8,10H2,1H3,(H,22,23)/t14?,15-,16+/m0/s1. The van der Waals surface area contributed by atoms with Gasteiger partial charge >= 0.3 is 5.97 Å². The molecule has 3 N–H and O–H groups in total. The lowest BCUT2D eigenvalue weighted by atomic mass is 9.48. The number of carboxylic acids is 1. The smallest absolute Gasteiger partial charge is 0.306 e. The normalized spacial score (nSPS) is 30.6. The van der Waals surface area contributed by atoms with E-state index >= 15 is 0 Å². The first-order chi connectivity index (χ1) is 12.2. The van der Waals surface area contributed by atoms with Crippen LogP contribution < -0.4 is 0 Å². The Morgan fingerprint density at radius 1 is 1.31 bits per heavy atom. The van der Waals surface area contributed by atoms with E-state index in [1.54, 1.807) is 0 Å². The molecule has 0 saturated heterocycles. The summed E-state index contributed by atoms with van der Waals surface area (Å²) in [6.07, 6.45) is -0.404. The van der Waals surface area contributed by atoms with Gasteiger partial charge in [-0.2, -0.15) is 4.68 Å². The molecular weight excluding hydrogens is 360 g/mol. The van der Waals surface area contributed by atoms with Crippen LogP contribution in [0, 0.1) is 5.41 Å². The average Bonchev–Trinajstić information content (AvgIpc) is 3.07. The van der Waals surface area contributed by atoms with Crippen LogP contribution in [0.4, 0.5) is 0 Å². The molecule has 0 radical (unpaired) electrons. The lowest BCUT2D eigenvalue weighted by Gasteiger charge is -2.61. The monoisotopic (exact) mass is 378 g/mol. The van der Waals surface area contributed by atoms with Crippen molar-refractivity contribution in [3.8, 4) is 5.69 Å². The Kier molecular flexibility index (Phi) is 4.59. The third-order valence-corrected chi connectivity index (χ3v) is 6.21. The number of benzene rings is 1. The number of tetrazole rings is 1. The molecule has 9 nitrogen and oxygen atoms in total. The molecule has 0 amide bonds. The minimum atomic E-state index is -1.79. The molecule has 10 heteroatoms. The SMILES string of the molecule is CC1(C=O)[C@](O)(CSc2nnnn2-c2ccccc2)C[C@@]1(O)CC(=O)O. The Labute approximate surface area is 153 Å². The topological polar surface area (TPSA) is 138 Å². The zero-order chi connectivity index (χ0) is 19.0. The van der Waals surface area contributed by atoms with Crippen molar-refractivity contribution in [3.05, 3.63) is 30.3 Å². The van der Waals surface area contributed by atoms with Crippen molar-refractivity contribution in [2.75, 3.05) is 5.75 Å². The van der Waals surface area contributed by atoms with Gasteiger partial charge in [0.2, 0.25) is 5.16 Å². The van der Waals surface area contributed by atoms with E-state index < -0.39 is 29.0 Å². The van der Waals surface area contributed by atoms with Crippen LogP contribution in [0.2, 0.25) is 0 Å². The van der Waals surface area contributed by atoms with Crippen molar-refractivity contribution in [2.45, 2.75) is 36.1 Å². The molecule has 3 rings (SSSR count). The van der Waals surface area contributed by atoms with E-state index in [1.807, 2.05) is 30.3 Å². The number of hydrogen-bond donors (Lipinski definition) is 3. The number of thioether (sulfide) groups is 1. The number of hydrogen-bond acceptors (Lipinski definition) is 8. The van der Waals surface area contributed by atoms with Gasteiger partial charge in [-0.1, -0.05) is 30.0 Å². The summed E-state index contributed by atoms with van der Waals surface area (Å²) >= 11 is 1.13.